The summed E-state index contributed by atoms with van der Waals surface area (Å²) in [5.41, 5.74) is 0. The highest BCUT2D eigenvalue weighted by Gasteiger charge is 2.22. The molecule has 0 unspecified atom stereocenters. The number of nitrogens with one attached hydrogen (secondary N) is 2. The molecule has 4 nitrogen and oxygen atoms in total. The molecule has 2 N–H and O–H groups in total. The highest BCUT2D eigenvalue weighted by Crippen LogP contribution is 2.18. The lowest BCUT2D eigenvalue weighted by molar-refractivity contribution is -0.121. The van der Waals surface area contributed by atoms with E-state index in [-0.39, 0.29) is 5.91 Å². The Hall–Kier alpha value is -0.610. The van der Waals surface area contributed by atoms with Crippen molar-refractivity contribution in [2.45, 2.75) is 44.6 Å². The summed E-state index contributed by atoms with van der Waals surface area (Å²) < 4.78 is 5.32. The van der Waals surface area contributed by atoms with Crippen molar-refractivity contribution in [3.05, 3.63) is 0 Å². The number of carbonyl (C=O) groups is 1. The van der Waals surface area contributed by atoms with Crippen LogP contribution in [0.25, 0.3) is 0 Å². The van der Waals surface area contributed by atoms with Crippen LogP contribution in [-0.2, 0) is 9.53 Å². The van der Waals surface area contributed by atoms with E-state index in [0.29, 0.717) is 12.5 Å². The predicted octanol–water partition coefficient (Wildman–Crippen LogP) is 1.06. The minimum Gasteiger partial charge on any atom is -0.381 e. The molecule has 0 aromatic carbocycles. The standard InChI is InChI=1S/C13H24N2O2/c16-13(15-12-3-4-12)2-1-7-14-10-11-5-8-17-9-6-11/h11-12,14H,1-10H2,(H,15,16). The first-order chi connectivity index (χ1) is 8.34. The number of amides is 1. The summed E-state index contributed by atoms with van der Waals surface area (Å²) in [5.74, 6) is 0.990. The average Bonchev–Trinajstić information content (AvgIpc) is 3.14. The van der Waals surface area contributed by atoms with Gasteiger partial charge in [0.05, 0.1) is 0 Å². The van der Waals surface area contributed by atoms with Gasteiger partial charge in [-0.1, -0.05) is 0 Å². The van der Waals surface area contributed by atoms with Gasteiger partial charge < -0.3 is 15.4 Å². The highest BCUT2D eigenvalue weighted by molar-refractivity contribution is 5.76. The normalized spacial score (nSPS) is 21.4. The lowest BCUT2D eigenvalue weighted by Gasteiger charge is -2.22. The SMILES string of the molecule is O=C(CCCNCC1CCOCC1)NC1CC1. The average molecular weight is 240 g/mol. The van der Waals surface area contributed by atoms with E-state index in [0.717, 1.165) is 38.6 Å². The molecule has 2 aliphatic rings. The van der Waals surface area contributed by atoms with Gasteiger partial charge in [0.2, 0.25) is 5.91 Å². The van der Waals surface area contributed by atoms with E-state index in [4.69, 9.17) is 4.74 Å². The molecule has 0 aromatic heterocycles. The van der Waals surface area contributed by atoms with Crippen LogP contribution in [0.4, 0.5) is 0 Å². The molecule has 0 radical (unpaired) electrons. The van der Waals surface area contributed by atoms with Crippen molar-refractivity contribution in [1.29, 1.82) is 0 Å². The van der Waals surface area contributed by atoms with Crippen LogP contribution in [0.5, 0.6) is 0 Å². The Balaban J connectivity index is 1.41. The third-order valence-corrected chi connectivity index (χ3v) is 3.47. The number of hydrogen-bond acceptors (Lipinski definition) is 3. The first-order valence-corrected chi connectivity index (χ1v) is 6.92. The smallest absolute Gasteiger partial charge is 0.220 e. The van der Waals surface area contributed by atoms with Crippen LogP contribution in [-0.4, -0.2) is 38.3 Å². The van der Waals surface area contributed by atoms with Crippen molar-refractivity contribution in [2.24, 2.45) is 5.92 Å². The van der Waals surface area contributed by atoms with Crippen molar-refractivity contribution >= 4 is 5.91 Å². The van der Waals surface area contributed by atoms with Gasteiger partial charge >= 0.3 is 0 Å². The third-order valence-electron chi connectivity index (χ3n) is 3.47. The van der Waals surface area contributed by atoms with Gasteiger partial charge in [0.15, 0.2) is 0 Å². The van der Waals surface area contributed by atoms with Crippen LogP contribution < -0.4 is 10.6 Å². The van der Waals surface area contributed by atoms with Gasteiger partial charge in [-0.2, -0.15) is 0 Å². The molecule has 0 spiro atoms. The van der Waals surface area contributed by atoms with E-state index in [1.165, 1.54) is 25.7 Å². The molecular formula is C13H24N2O2. The zero-order valence-electron chi connectivity index (χ0n) is 10.5. The molecule has 1 saturated heterocycles. The fourth-order valence-corrected chi connectivity index (χ4v) is 2.16. The molecule has 17 heavy (non-hydrogen) atoms. The summed E-state index contributed by atoms with van der Waals surface area (Å²) >= 11 is 0. The van der Waals surface area contributed by atoms with Crippen LogP contribution in [0.3, 0.4) is 0 Å². The Labute approximate surface area is 103 Å². The first-order valence-electron chi connectivity index (χ1n) is 6.92. The van der Waals surface area contributed by atoms with E-state index in [9.17, 15) is 4.79 Å². The molecule has 2 rings (SSSR count). The fraction of sp³-hybridized carbons (Fsp3) is 0.923. The quantitative estimate of drug-likeness (QED) is 0.654. The summed E-state index contributed by atoms with van der Waals surface area (Å²) in [6, 6.07) is 0.498. The minimum absolute atomic E-state index is 0.223. The Morgan fingerprint density at radius 2 is 1.94 bits per heavy atom. The highest BCUT2D eigenvalue weighted by atomic mass is 16.5. The Bertz CT molecular complexity index is 236. The summed E-state index contributed by atoms with van der Waals surface area (Å²) in [4.78, 5) is 11.4. The van der Waals surface area contributed by atoms with Gasteiger partial charge in [-0.15, -0.1) is 0 Å². The van der Waals surface area contributed by atoms with Gasteiger partial charge in [-0.3, -0.25) is 4.79 Å². The van der Waals surface area contributed by atoms with Crippen molar-refractivity contribution in [3.8, 4) is 0 Å². The maximum Gasteiger partial charge on any atom is 0.220 e. The Morgan fingerprint density at radius 3 is 2.65 bits per heavy atom. The summed E-state index contributed by atoms with van der Waals surface area (Å²) in [7, 11) is 0. The topological polar surface area (TPSA) is 50.4 Å². The van der Waals surface area contributed by atoms with Crippen LogP contribution in [0.2, 0.25) is 0 Å². The largest absolute Gasteiger partial charge is 0.381 e. The lowest BCUT2D eigenvalue weighted by atomic mass is 10.0. The molecule has 0 atom stereocenters. The Morgan fingerprint density at radius 1 is 1.18 bits per heavy atom. The minimum atomic E-state index is 0.223. The zero-order valence-corrected chi connectivity index (χ0v) is 10.5. The lowest BCUT2D eigenvalue weighted by Crippen LogP contribution is -2.30. The number of ether oxygens (including phenoxy) is 1. The Kier molecular flexibility index (Phi) is 5.26. The van der Waals surface area contributed by atoms with Gasteiger partial charge in [0.1, 0.15) is 0 Å². The van der Waals surface area contributed by atoms with E-state index < -0.39 is 0 Å². The number of rotatable bonds is 7. The number of carbonyl (C=O) groups excluding carboxylic acids is 1. The van der Waals surface area contributed by atoms with Crippen molar-refractivity contribution in [3.63, 3.8) is 0 Å². The summed E-state index contributed by atoms with van der Waals surface area (Å²) in [6.07, 6.45) is 6.31. The van der Waals surface area contributed by atoms with E-state index >= 15 is 0 Å². The fourth-order valence-electron chi connectivity index (χ4n) is 2.16. The van der Waals surface area contributed by atoms with Crippen LogP contribution in [0.15, 0.2) is 0 Å². The van der Waals surface area contributed by atoms with Crippen LogP contribution >= 0.6 is 0 Å². The molecule has 1 amide bonds. The second-order valence-electron chi connectivity index (χ2n) is 5.21. The van der Waals surface area contributed by atoms with E-state index in [1.54, 1.807) is 0 Å². The van der Waals surface area contributed by atoms with Gasteiger partial charge in [-0.25, -0.2) is 0 Å². The monoisotopic (exact) mass is 240 g/mol. The second kappa shape index (κ2) is 6.97. The predicted molar refractivity (Wildman–Crippen MR) is 66.8 cm³/mol. The molecule has 2 fully saturated rings. The van der Waals surface area contributed by atoms with Crippen molar-refractivity contribution in [1.82, 2.24) is 10.6 Å². The number of hydrogen-bond donors (Lipinski definition) is 2. The molecule has 1 aliphatic heterocycles. The maximum atomic E-state index is 11.4. The molecule has 1 heterocycles. The van der Waals surface area contributed by atoms with Gasteiger partial charge in [-0.05, 0) is 51.1 Å². The van der Waals surface area contributed by atoms with Crippen LogP contribution in [0.1, 0.15) is 38.5 Å². The molecule has 98 valence electrons. The van der Waals surface area contributed by atoms with Crippen molar-refractivity contribution < 1.29 is 9.53 Å². The van der Waals surface area contributed by atoms with E-state index in [2.05, 4.69) is 10.6 Å². The molecular weight excluding hydrogens is 216 g/mol. The molecule has 0 aromatic rings. The first kappa shape index (κ1) is 12.8. The van der Waals surface area contributed by atoms with Crippen molar-refractivity contribution in [2.75, 3.05) is 26.3 Å². The maximum absolute atomic E-state index is 11.4. The molecule has 1 aliphatic carbocycles. The zero-order chi connectivity index (χ0) is 11.9. The molecule has 4 heteroatoms. The van der Waals surface area contributed by atoms with Gasteiger partial charge in [0, 0.05) is 25.7 Å². The van der Waals surface area contributed by atoms with E-state index in [1.807, 2.05) is 0 Å². The van der Waals surface area contributed by atoms with Crippen LogP contribution in [0, 0.1) is 5.92 Å². The molecule has 1 saturated carbocycles. The molecule has 0 bridgehead atoms. The second-order valence-corrected chi connectivity index (χ2v) is 5.21. The van der Waals surface area contributed by atoms with Gasteiger partial charge in [0.25, 0.3) is 0 Å². The summed E-state index contributed by atoms with van der Waals surface area (Å²) in [5, 5.41) is 6.45. The third kappa shape index (κ3) is 5.50. The summed E-state index contributed by atoms with van der Waals surface area (Å²) in [6.45, 7) is 3.86.